The van der Waals surface area contributed by atoms with Gasteiger partial charge in [-0.2, -0.15) is 0 Å². The molecule has 0 spiro atoms. The largest absolute Gasteiger partial charge is 0.444 e. The lowest BCUT2D eigenvalue weighted by Crippen LogP contribution is -2.40. The normalized spacial score (nSPS) is 12.2. The highest BCUT2D eigenvalue weighted by molar-refractivity contribution is 5.97. The molecule has 25 heavy (non-hydrogen) atoms. The molecule has 0 aliphatic rings. The Hall–Kier alpha value is -2.96. The fraction of sp³-hybridized carbons (Fsp3) is 0.333. The minimum Gasteiger partial charge on any atom is -0.444 e. The number of amides is 2. The highest BCUT2D eigenvalue weighted by atomic mass is 16.6. The van der Waals surface area contributed by atoms with Gasteiger partial charge >= 0.3 is 6.09 Å². The van der Waals surface area contributed by atoms with Gasteiger partial charge in [-0.25, -0.2) is 14.8 Å². The molecule has 2 aromatic rings. The van der Waals surface area contributed by atoms with Crippen LogP contribution in [0.25, 0.3) is 0 Å². The summed E-state index contributed by atoms with van der Waals surface area (Å²) in [5.74, 6) is -0.407. The van der Waals surface area contributed by atoms with E-state index in [1.165, 1.54) is 18.7 Å². The van der Waals surface area contributed by atoms with Crippen LogP contribution in [-0.4, -0.2) is 27.6 Å². The van der Waals surface area contributed by atoms with Crippen molar-refractivity contribution in [3.05, 3.63) is 54.1 Å². The number of carbonyl (C=O) groups excluding carboxylic acids is 2. The van der Waals surface area contributed by atoms with Crippen molar-refractivity contribution in [1.29, 1.82) is 0 Å². The van der Waals surface area contributed by atoms with Crippen molar-refractivity contribution in [2.75, 3.05) is 5.32 Å². The van der Waals surface area contributed by atoms with E-state index in [1.807, 2.05) is 25.1 Å². The molecule has 1 heterocycles. The third kappa shape index (κ3) is 5.56. The van der Waals surface area contributed by atoms with Crippen LogP contribution < -0.4 is 10.6 Å². The lowest BCUT2D eigenvalue weighted by molar-refractivity contribution is -0.118. The third-order valence-corrected chi connectivity index (χ3v) is 3.25. The summed E-state index contributed by atoms with van der Waals surface area (Å²) in [6, 6.07) is 6.43. The first-order valence-corrected chi connectivity index (χ1v) is 7.87. The van der Waals surface area contributed by atoms with Crippen molar-refractivity contribution in [2.45, 2.75) is 39.3 Å². The molecule has 2 amide bonds. The van der Waals surface area contributed by atoms with Crippen LogP contribution >= 0.6 is 0 Å². The average Bonchev–Trinajstić information content (AvgIpc) is 2.52. The molecule has 0 radical (unpaired) electrons. The summed E-state index contributed by atoms with van der Waals surface area (Å²) in [6.45, 7) is 7.15. The zero-order valence-corrected chi connectivity index (χ0v) is 14.7. The molecular weight excluding hydrogens is 320 g/mol. The van der Waals surface area contributed by atoms with Crippen molar-refractivity contribution in [3.8, 4) is 0 Å². The average molecular weight is 342 g/mol. The Bertz CT molecular complexity index is 741. The van der Waals surface area contributed by atoms with Gasteiger partial charge in [0, 0.05) is 0 Å². The molecule has 132 valence electrons. The fourth-order valence-corrected chi connectivity index (χ4v) is 2.20. The van der Waals surface area contributed by atoms with E-state index in [1.54, 1.807) is 26.8 Å². The molecule has 0 bridgehead atoms. The summed E-state index contributed by atoms with van der Waals surface area (Å²) >= 11 is 0. The van der Waals surface area contributed by atoms with E-state index in [-0.39, 0.29) is 0 Å². The van der Waals surface area contributed by atoms with Crippen LogP contribution in [0.15, 0.2) is 43.0 Å². The maximum Gasteiger partial charge on any atom is 0.408 e. The molecule has 0 saturated heterocycles. The number of benzene rings is 1. The second kappa shape index (κ2) is 7.74. The molecule has 1 aromatic carbocycles. The lowest BCUT2D eigenvalue weighted by atomic mass is 10.0. The van der Waals surface area contributed by atoms with Crippen LogP contribution in [0.4, 0.5) is 10.5 Å². The Kier molecular flexibility index (Phi) is 5.69. The molecule has 7 nitrogen and oxygen atoms in total. The van der Waals surface area contributed by atoms with Crippen LogP contribution in [-0.2, 0) is 9.53 Å². The third-order valence-electron chi connectivity index (χ3n) is 3.25. The zero-order valence-electron chi connectivity index (χ0n) is 14.7. The number of aromatic nitrogens is 2. The molecular formula is C18H22N4O3. The minimum atomic E-state index is -0.906. The van der Waals surface area contributed by atoms with E-state index in [2.05, 4.69) is 20.6 Å². The standard InChI is InChI=1S/C18H22N4O3/c1-12-7-5-6-8-14(12)15(22-17(24)25-18(2,3)4)16(23)21-13-9-19-11-20-10-13/h5-11,15H,1-4H3,(H,21,23)(H,22,24). The Balaban J connectivity index is 2.24. The van der Waals surface area contributed by atoms with Crippen LogP contribution in [0.2, 0.25) is 0 Å². The predicted octanol–water partition coefficient (Wildman–Crippen LogP) is 2.99. The first-order chi connectivity index (χ1) is 11.8. The van der Waals surface area contributed by atoms with Crippen molar-refractivity contribution >= 4 is 17.7 Å². The van der Waals surface area contributed by atoms with Crippen LogP contribution in [0.3, 0.4) is 0 Å². The number of rotatable bonds is 4. The minimum absolute atomic E-state index is 0.407. The van der Waals surface area contributed by atoms with E-state index >= 15 is 0 Å². The van der Waals surface area contributed by atoms with Gasteiger partial charge in [0.25, 0.3) is 5.91 Å². The van der Waals surface area contributed by atoms with E-state index in [0.29, 0.717) is 11.3 Å². The second-order valence-electron chi connectivity index (χ2n) is 6.55. The van der Waals surface area contributed by atoms with Gasteiger partial charge in [0.1, 0.15) is 18.0 Å². The molecule has 1 unspecified atom stereocenters. The predicted molar refractivity (Wildman–Crippen MR) is 94.0 cm³/mol. The number of ether oxygens (including phenoxy) is 1. The number of carbonyl (C=O) groups is 2. The number of hydrogen-bond donors (Lipinski definition) is 2. The van der Waals surface area contributed by atoms with Crippen molar-refractivity contribution in [1.82, 2.24) is 15.3 Å². The van der Waals surface area contributed by atoms with Gasteiger partial charge in [-0.15, -0.1) is 0 Å². The van der Waals surface area contributed by atoms with Crippen LogP contribution in [0, 0.1) is 6.92 Å². The van der Waals surface area contributed by atoms with E-state index in [0.717, 1.165) is 5.56 Å². The SMILES string of the molecule is Cc1ccccc1C(NC(=O)OC(C)(C)C)C(=O)Nc1cncnc1. The van der Waals surface area contributed by atoms with Gasteiger partial charge in [-0.3, -0.25) is 4.79 Å². The highest BCUT2D eigenvalue weighted by Gasteiger charge is 2.27. The first kappa shape index (κ1) is 18.4. The molecule has 1 aromatic heterocycles. The molecule has 2 rings (SSSR count). The van der Waals surface area contributed by atoms with E-state index < -0.39 is 23.6 Å². The Morgan fingerprint density at radius 3 is 2.36 bits per heavy atom. The summed E-state index contributed by atoms with van der Waals surface area (Å²) in [5.41, 5.74) is 1.34. The highest BCUT2D eigenvalue weighted by Crippen LogP contribution is 2.20. The van der Waals surface area contributed by atoms with Crippen molar-refractivity contribution in [2.24, 2.45) is 0 Å². The molecule has 7 heteroatoms. The Labute approximate surface area is 146 Å². The smallest absolute Gasteiger partial charge is 0.408 e. The zero-order chi connectivity index (χ0) is 18.4. The molecule has 0 fully saturated rings. The molecule has 0 saturated carbocycles. The number of alkyl carbamates (subject to hydrolysis) is 1. The number of nitrogens with one attached hydrogen (secondary N) is 2. The summed E-state index contributed by atoms with van der Waals surface area (Å²) < 4.78 is 5.28. The number of anilines is 1. The lowest BCUT2D eigenvalue weighted by Gasteiger charge is -2.24. The van der Waals surface area contributed by atoms with E-state index in [4.69, 9.17) is 4.74 Å². The number of nitrogens with zero attached hydrogens (tertiary/aromatic N) is 2. The van der Waals surface area contributed by atoms with Crippen molar-refractivity contribution < 1.29 is 14.3 Å². The Morgan fingerprint density at radius 1 is 1.12 bits per heavy atom. The topological polar surface area (TPSA) is 93.2 Å². The molecule has 0 aliphatic carbocycles. The van der Waals surface area contributed by atoms with Gasteiger partial charge in [0.2, 0.25) is 0 Å². The van der Waals surface area contributed by atoms with Gasteiger partial charge in [-0.1, -0.05) is 24.3 Å². The maximum atomic E-state index is 12.7. The maximum absolute atomic E-state index is 12.7. The van der Waals surface area contributed by atoms with Gasteiger partial charge < -0.3 is 15.4 Å². The molecule has 1 atom stereocenters. The first-order valence-electron chi connectivity index (χ1n) is 7.87. The molecule has 2 N–H and O–H groups in total. The summed E-state index contributed by atoms with van der Waals surface area (Å²) in [6.07, 6.45) is 3.66. The van der Waals surface area contributed by atoms with Crippen molar-refractivity contribution in [3.63, 3.8) is 0 Å². The number of aryl methyl sites for hydroxylation is 1. The number of hydrogen-bond acceptors (Lipinski definition) is 5. The summed E-state index contributed by atoms with van der Waals surface area (Å²) in [7, 11) is 0. The van der Waals surface area contributed by atoms with Gasteiger partial charge in [0.15, 0.2) is 0 Å². The van der Waals surface area contributed by atoms with Gasteiger partial charge in [-0.05, 0) is 38.8 Å². The quantitative estimate of drug-likeness (QED) is 0.891. The summed E-state index contributed by atoms with van der Waals surface area (Å²) in [4.78, 5) is 32.6. The Morgan fingerprint density at radius 2 is 1.76 bits per heavy atom. The monoisotopic (exact) mass is 342 g/mol. The van der Waals surface area contributed by atoms with E-state index in [9.17, 15) is 9.59 Å². The van der Waals surface area contributed by atoms with Crippen LogP contribution in [0.1, 0.15) is 37.9 Å². The second-order valence-corrected chi connectivity index (χ2v) is 6.55. The molecule has 0 aliphatic heterocycles. The van der Waals surface area contributed by atoms with Crippen LogP contribution in [0.5, 0.6) is 0 Å². The summed E-state index contributed by atoms with van der Waals surface area (Å²) in [5, 5.41) is 5.34. The fourth-order valence-electron chi connectivity index (χ4n) is 2.20. The van der Waals surface area contributed by atoms with Gasteiger partial charge in [0.05, 0.1) is 18.1 Å².